The van der Waals surface area contributed by atoms with Crippen LogP contribution in [0.4, 0.5) is 4.39 Å². The van der Waals surface area contributed by atoms with Crippen LogP contribution < -0.4 is 10.1 Å². The molecule has 1 amide bonds. The predicted octanol–water partition coefficient (Wildman–Crippen LogP) is 2.83. The standard InChI is InChI=1S/C18H27FN2O2/c1-3-17(23-16-6-4-15(19)5-7-16)18(22)20-11-8-14-9-12-21(2)13-10-14/h4-7,14,17H,3,8-13H2,1-2H3,(H,20,22)/t17-/m0/s1. The van der Waals surface area contributed by atoms with Crippen LogP contribution in [-0.4, -0.2) is 43.6 Å². The highest BCUT2D eigenvalue weighted by Crippen LogP contribution is 2.19. The van der Waals surface area contributed by atoms with Crippen molar-refractivity contribution >= 4 is 5.91 Å². The molecule has 1 aromatic carbocycles. The van der Waals surface area contributed by atoms with Gasteiger partial charge in [-0.2, -0.15) is 0 Å². The van der Waals surface area contributed by atoms with Gasteiger partial charge in [-0.15, -0.1) is 0 Å². The number of carbonyl (C=O) groups is 1. The van der Waals surface area contributed by atoms with E-state index in [1.54, 1.807) is 12.1 Å². The van der Waals surface area contributed by atoms with Crippen molar-refractivity contribution in [1.29, 1.82) is 0 Å². The number of hydrogen-bond donors (Lipinski definition) is 1. The second-order valence-electron chi connectivity index (χ2n) is 6.30. The van der Waals surface area contributed by atoms with Gasteiger partial charge in [-0.3, -0.25) is 4.79 Å². The third kappa shape index (κ3) is 5.82. The first kappa shape index (κ1) is 17.7. The Hall–Kier alpha value is -1.62. The molecule has 23 heavy (non-hydrogen) atoms. The zero-order chi connectivity index (χ0) is 16.7. The summed E-state index contributed by atoms with van der Waals surface area (Å²) in [4.78, 5) is 14.6. The zero-order valence-electron chi connectivity index (χ0n) is 14.1. The molecular weight excluding hydrogens is 295 g/mol. The van der Waals surface area contributed by atoms with E-state index in [0.717, 1.165) is 19.5 Å². The number of nitrogens with one attached hydrogen (secondary N) is 1. The van der Waals surface area contributed by atoms with Crippen molar-refractivity contribution in [2.45, 2.75) is 38.7 Å². The molecule has 0 aliphatic carbocycles. The lowest BCUT2D eigenvalue weighted by Crippen LogP contribution is -2.39. The van der Waals surface area contributed by atoms with Crippen LogP contribution in [0, 0.1) is 11.7 Å². The number of likely N-dealkylation sites (tertiary alicyclic amines) is 1. The summed E-state index contributed by atoms with van der Waals surface area (Å²) >= 11 is 0. The summed E-state index contributed by atoms with van der Waals surface area (Å²) in [5, 5.41) is 2.97. The van der Waals surface area contributed by atoms with Crippen LogP contribution in [0.2, 0.25) is 0 Å². The summed E-state index contributed by atoms with van der Waals surface area (Å²) < 4.78 is 18.5. The Balaban J connectivity index is 1.73. The lowest BCUT2D eigenvalue weighted by molar-refractivity contribution is -0.128. The molecule has 1 saturated heterocycles. The van der Waals surface area contributed by atoms with Gasteiger partial charge in [0.15, 0.2) is 6.10 Å². The fourth-order valence-corrected chi connectivity index (χ4v) is 2.86. The molecule has 0 spiro atoms. The molecule has 1 N–H and O–H groups in total. The number of halogens is 1. The highest BCUT2D eigenvalue weighted by atomic mass is 19.1. The number of ether oxygens (including phenoxy) is 1. The van der Waals surface area contributed by atoms with Crippen LogP contribution in [0.5, 0.6) is 5.75 Å². The maximum atomic E-state index is 12.9. The van der Waals surface area contributed by atoms with E-state index >= 15 is 0 Å². The van der Waals surface area contributed by atoms with Crippen LogP contribution in [0.15, 0.2) is 24.3 Å². The van der Waals surface area contributed by atoms with E-state index in [1.807, 2.05) is 6.92 Å². The first-order chi connectivity index (χ1) is 11.1. The average Bonchev–Trinajstić information content (AvgIpc) is 2.56. The zero-order valence-corrected chi connectivity index (χ0v) is 14.1. The van der Waals surface area contributed by atoms with Gasteiger partial charge in [0.2, 0.25) is 0 Å². The van der Waals surface area contributed by atoms with Crippen LogP contribution in [0.1, 0.15) is 32.6 Å². The summed E-state index contributed by atoms with van der Waals surface area (Å²) in [6.07, 6.45) is 3.48. The van der Waals surface area contributed by atoms with E-state index in [0.29, 0.717) is 24.6 Å². The number of amides is 1. The lowest BCUT2D eigenvalue weighted by Gasteiger charge is -2.29. The molecule has 0 radical (unpaired) electrons. The quantitative estimate of drug-likeness (QED) is 0.839. The molecule has 1 aromatic rings. The van der Waals surface area contributed by atoms with E-state index in [1.165, 1.54) is 25.0 Å². The monoisotopic (exact) mass is 322 g/mol. The molecule has 1 aliphatic heterocycles. The molecule has 1 heterocycles. The second kappa shape index (κ2) is 8.87. The molecular formula is C18H27FN2O2. The number of carbonyl (C=O) groups excluding carboxylic acids is 1. The summed E-state index contributed by atoms with van der Waals surface area (Å²) in [6, 6.07) is 5.76. The predicted molar refractivity (Wildman–Crippen MR) is 89.0 cm³/mol. The minimum atomic E-state index is -0.530. The molecule has 128 valence electrons. The van der Waals surface area contributed by atoms with Gasteiger partial charge >= 0.3 is 0 Å². The Labute approximate surface area is 138 Å². The Morgan fingerprint density at radius 3 is 2.61 bits per heavy atom. The van der Waals surface area contributed by atoms with Gasteiger partial charge < -0.3 is 15.0 Å². The summed E-state index contributed by atoms with van der Waals surface area (Å²) in [6.45, 7) is 4.88. The van der Waals surface area contributed by atoms with Gasteiger partial charge in [0, 0.05) is 6.54 Å². The highest BCUT2D eigenvalue weighted by Gasteiger charge is 2.20. The molecule has 1 fully saturated rings. The molecule has 0 unspecified atom stereocenters. The third-order valence-electron chi connectivity index (χ3n) is 4.45. The van der Waals surface area contributed by atoms with E-state index < -0.39 is 6.10 Å². The topological polar surface area (TPSA) is 41.6 Å². The van der Waals surface area contributed by atoms with Gasteiger partial charge in [0.05, 0.1) is 0 Å². The van der Waals surface area contributed by atoms with Gasteiger partial charge in [0.25, 0.3) is 5.91 Å². The SMILES string of the molecule is CC[C@H](Oc1ccc(F)cc1)C(=O)NCCC1CCN(C)CC1. The Morgan fingerprint density at radius 2 is 2.00 bits per heavy atom. The third-order valence-corrected chi connectivity index (χ3v) is 4.45. The first-order valence-corrected chi connectivity index (χ1v) is 8.47. The molecule has 5 heteroatoms. The molecule has 4 nitrogen and oxygen atoms in total. The number of hydrogen-bond acceptors (Lipinski definition) is 3. The van der Waals surface area contributed by atoms with Gasteiger partial charge in [0.1, 0.15) is 11.6 Å². The lowest BCUT2D eigenvalue weighted by atomic mass is 9.94. The minimum absolute atomic E-state index is 0.0928. The molecule has 0 bridgehead atoms. The molecule has 1 atom stereocenters. The molecule has 0 aromatic heterocycles. The van der Waals surface area contributed by atoms with Crippen molar-refractivity contribution in [3.05, 3.63) is 30.1 Å². The van der Waals surface area contributed by atoms with Gasteiger partial charge in [-0.1, -0.05) is 6.92 Å². The van der Waals surface area contributed by atoms with Crippen LogP contribution >= 0.6 is 0 Å². The molecule has 0 saturated carbocycles. The Kier molecular flexibility index (Phi) is 6.84. The Morgan fingerprint density at radius 1 is 1.35 bits per heavy atom. The van der Waals surface area contributed by atoms with Crippen molar-refractivity contribution in [3.8, 4) is 5.75 Å². The van der Waals surface area contributed by atoms with Crippen LogP contribution in [0.25, 0.3) is 0 Å². The fraction of sp³-hybridized carbons (Fsp3) is 0.611. The highest BCUT2D eigenvalue weighted by molar-refractivity contribution is 5.81. The van der Waals surface area contributed by atoms with Crippen LogP contribution in [0.3, 0.4) is 0 Å². The van der Waals surface area contributed by atoms with Crippen molar-refractivity contribution in [1.82, 2.24) is 10.2 Å². The van der Waals surface area contributed by atoms with Crippen molar-refractivity contribution in [2.75, 3.05) is 26.7 Å². The average molecular weight is 322 g/mol. The second-order valence-corrected chi connectivity index (χ2v) is 6.30. The maximum Gasteiger partial charge on any atom is 0.261 e. The number of rotatable bonds is 7. The van der Waals surface area contributed by atoms with Crippen molar-refractivity contribution in [2.24, 2.45) is 5.92 Å². The van der Waals surface area contributed by atoms with Gasteiger partial charge in [-0.25, -0.2) is 4.39 Å². The summed E-state index contributed by atoms with van der Waals surface area (Å²) in [7, 11) is 2.15. The largest absolute Gasteiger partial charge is 0.481 e. The van der Waals surface area contributed by atoms with E-state index in [9.17, 15) is 9.18 Å². The molecule has 1 aliphatic rings. The number of nitrogens with zero attached hydrogens (tertiary/aromatic N) is 1. The summed E-state index contributed by atoms with van der Waals surface area (Å²) in [5.74, 6) is 0.811. The van der Waals surface area contributed by atoms with Gasteiger partial charge in [-0.05, 0) is 76.0 Å². The number of benzene rings is 1. The number of piperidine rings is 1. The van der Waals surface area contributed by atoms with E-state index in [2.05, 4.69) is 17.3 Å². The van der Waals surface area contributed by atoms with Crippen LogP contribution in [-0.2, 0) is 4.79 Å². The molecule has 2 rings (SSSR count). The van der Waals surface area contributed by atoms with Crippen molar-refractivity contribution < 1.29 is 13.9 Å². The smallest absolute Gasteiger partial charge is 0.261 e. The first-order valence-electron chi connectivity index (χ1n) is 8.47. The fourth-order valence-electron chi connectivity index (χ4n) is 2.86. The summed E-state index contributed by atoms with van der Waals surface area (Å²) in [5.41, 5.74) is 0. The Bertz CT molecular complexity index is 484. The van der Waals surface area contributed by atoms with E-state index in [-0.39, 0.29) is 11.7 Å². The van der Waals surface area contributed by atoms with E-state index in [4.69, 9.17) is 4.74 Å². The minimum Gasteiger partial charge on any atom is -0.481 e. The normalized spacial score (nSPS) is 17.7. The van der Waals surface area contributed by atoms with Crippen molar-refractivity contribution in [3.63, 3.8) is 0 Å². The maximum absolute atomic E-state index is 12.9.